The minimum absolute atomic E-state index is 0.284. The van der Waals surface area contributed by atoms with E-state index >= 15 is 0 Å². The van der Waals surface area contributed by atoms with E-state index in [4.69, 9.17) is 0 Å². The molecule has 0 fully saturated rings. The first kappa shape index (κ1) is 15.1. The van der Waals surface area contributed by atoms with E-state index in [1.807, 2.05) is 0 Å². The van der Waals surface area contributed by atoms with Gasteiger partial charge in [0, 0.05) is 10.5 Å². The molecule has 0 saturated heterocycles. The van der Waals surface area contributed by atoms with Gasteiger partial charge in [0.25, 0.3) is 0 Å². The number of hydrogen-bond donors (Lipinski definition) is 1. The number of halogens is 1. The topological polar surface area (TPSA) is 12.0 Å². The molecule has 0 aliphatic carbocycles. The molecule has 106 valence electrons. The fourth-order valence-corrected chi connectivity index (χ4v) is 3.45. The predicted octanol–water partition coefficient (Wildman–Crippen LogP) is 5.86. The van der Waals surface area contributed by atoms with Gasteiger partial charge in [-0.1, -0.05) is 35.4 Å². The molecule has 1 nitrogen and oxygen atoms in total. The van der Waals surface area contributed by atoms with Gasteiger partial charge in [0.1, 0.15) is 0 Å². The standard InChI is InChI=1S/C18H22BrN/c1-11-6-12(2)9-16(8-11)15(5)20-18-14(4)7-13(3)10-17(18)19/h6-10,15,20H,1-5H3. The Labute approximate surface area is 130 Å². The van der Waals surface area contributed by atoms with E-state index in [-0.39, 0.29) is 6.04 Å². The van der Waals surface area contributed by atoms with Crippen molar-refractivity contribution in [1.82, 2.24) is 0 Å². The molecule has 2 heteroatoms. The maximum absolute atomic E-state index is 3.67. The van der Waals surface area contributed by atoms with Gasteiger partial charge in [0.05, 0.1) is 5.69 Å². The van der Waals surface area contributed by atoms with Gasteiger partial charge in [-0.15, -0.1) is 0 Å². The Morgan fingerprint density at radius 2 is 1.40 bits per heavy atom. The molecule has 0 aliphatic rings. The molecule has 0 spiro atoms. The van der Waals surface area contributed by atoms with Gasteiger partial charge in [-0.25, -0.2) is 0 Å². The molecule has 2 aromatic carbocycles. The van der Waals surface area contributed by atoms with Crippen LogP contribution in [0.3, 0.4) is 0 Å². The summed E-state index contributed by atoms with van der Waals surface area (Å²) in [4.78, 5) is 0. The summed E-state index contributed by atoms with van der Waals surface area (Å²) in [7, 11) is 0. The van der Waals surface area contributed by atoms with Gasteiger partial charge >= 0.3 is 0 Å². The molecule has 1 unspecified atom stereocenters. The first-order chi connectivity index (χ1) is 9.36. The summed E-state index contributed by atoms with van der Waals surface area (Å²) in [5, 5.41) is 3.63. The zero-order valence-corrected chi connectivity index (χ0v) is 14.4. The highest BCUT2D eigenvalue weighted by molar-refractivity contribution is 9.10. The van der Waals surface area contributed by atoms with Crippen molar-refractivity contribution in [3.63, 3.8) is 0 Å². The third-order valence-corrected chi connectivity index (χ3v) is 4.16. The number of rotatable bonds is 3. The Morgan fingerprint density at radius 3 is 1.95 bits per heavy atom. The zero-order chi connectivity index (χ0) is 14.9. The van der Waals surface area contributed by atoms with Crippen molar-refractivity contribution in [3.8, 4) is 0 Å². The molecule has 0 amide bonds. The quantitative estimate of drug-likeness (QED) is 0.743. The van der Waals surface area contributed by atoms with Crippen molar-refractivity contribution in [2.75, 3.05) is 5.32 Å². The molecule has 0 radical (unpaired) electrons. The van der Waals surface area contributed by atoms with Crippen LogP contribution in [0.4, 0.5) is 5.69 Å². The van der Waals surface area contributed by atoms with Gasteiger partial charge in [-0.2, -0.15) is 0 Å². The van der Waals surface area contributed by atoms with E-state index in [9.17, 15) is 0 Å². The molecule has 0 saturated carbocycles. The average Bonchev–Trinajstić information content (AvgIpc) is 2.32. The van der Waals surface area contributed by atoms with Gasteiger partial charge in [0.15, 0.2) is 0 Å². The van der Waals surface area contributed by atoms with Crippen LogP contribution in [0.2, 0.25) is 0 Å². The van der Waals surface area contributed by atoms with Crippen molar-refractivity contribution in [2.45, 2.75) is 40.7 Å². The summed E-state index contributed by atoms with van der Waals surface area (Å²) in [5.41, 5.74) is 7.69. The van der Waals surface area contributed by atoms with Crippen LogP contribution >= 0.6 is 15.9 Å². The predicted molar refractivity (Wildman–Crippen MR) is 91.6 cm³/mol. The normalized spacial score (nSPS) is 12.3. The Hall–Kier alpha value is -1.28. The highest BCUT2D eigenvalue weighted by Crippen LogP contribution is 2.31. The molecular formula is C18H22BrN. The Balaban J connectivity index is 2.30. The van der Waals surface area contributed by atoms with Gasteiger partial charge in [-0.05, 0) is 73.3 Å². The molecule has 2 rings (SSSR count). The largest absolute Gasteiger partial charge is 0.377 e. The average molecular weight is 332 g/mol. The minimum atomic E-state index is 0.284. The molecule has 0 aromatic heterocycles. The molecule has 1 N–H and O–H groups in total. The minimum Gasteiger partial charge on any atom is -0.377 e. The molecule has 0 heterocycles. The van der Waals surface area contributed by atoms with Crippen molar-refractivity contribution in [3.05, 3.63) is 62.6 Å². The summed E-state index contributed by atoms with van der Waals surface area (Å²) in [5.74, 6) is 0. The van der Waals surface area contributed by atoms with Gasteiger partial charge in [-0.3, -0.25) is 0 Å². The number of nitrogens with one attached hydrogen (secondary N) is 1. The molecule has 20 heavy (non-hydrogen) atoms. The number of benzene rings is 2. The van der Waals surface area contributed by atoms with E-state index < -0.39 is 0 Å². The van der Waals surface area contributed by atoms with Crippen molar-refractivity contribution in [2.24, 2.45) is 0 Å². The first-order valence-corrected chi connectivity index (χ1v) is 7.77. The lowest BCUT2D eigenvalue weighted by Crippen LogP contribution is -2.09. The highest BCUT2D eigenvalue weighted by atomic mass is 79.9. The van der Waals surface area contributed by atoms with E-state index in [2.05, 4.69) is 86.2 Å². The Morgan fingerprint density at radius 1 is 0.850 bits per heavy atom. The van der Waals surface area contributed by atoms with Crippen LogP contribution in [-0.4, -0.2) is 0 Å². The highest BCUT2D eigenvalue weighted by Gasteiger charge is 2.11. The number of aryl methyl sites for hydroxylation is 4. The van der Waals surface area contributed by atoms with Crippen LogP contribution < -0.4 is 5.32 Å². The van der Waals surface area contributed by atoms with Gasteiger partial charge < -0.3 is 5.32 Å². The van der Waals surface area contributed by atoms with Crippen LogP contribution in [0.15, 0.2) is 34.8 Å². The third kappa shape index (κ3) is 3.43. The fraction of sp³-hybridized carbons (Fsp3) is 0.333. The summed E-state index contributed by atoms with van der Waals surface area (Å²) in [6.07, 6.45) is 0. The second-order valence-corrected chi connectivity index (χ2v) is 6.58. The molecule has 1 atom stereocenters. The smallest absolute Gasteiger partial charge is 0.0519 e. The SMILES string of the molecule is Cc1cc(C)cc(C(C)Nc2c(C)cc(C)cc2Br)c1. The molecule has 2 aromatic rings. The van der Waals surface area contributed by atoms with Crippen LogP contribution in [0.5, 0.6) is 0 Å². The van der Waals surface area contributed by atoms with Gasteiger partial charge in [0.2, 0.25) is 0 Å². The molecular weight excluding hydrogens is 310 g/mol. The van der Waals surface area contributed by atoms with E-state index in [1.165, 1.54) is 33.5 Å². The number of hydrogen-bond acceptors (Lipinski definition) is 1. The maximum Gasteiger partial charge on any atom is 0.0519 e. The first-order valence-electron chi connectivity index (χ1n) is 6.98. The van der Waals surface area contributed by atoms with Crippen LogP contribution in [0.1, 0.15) is 40.8 Å². The lowest BCUT2D eigenvalue weighted by molar-refractivity contribution is 0.877. The van der Waals surface area contributed by atoms with E-state index in [1.54, 1.807) is 0 Å². The zero-order valence-electron chi connectivity index (χ0n) is 12.8. The van der Waals surface area contributed by atoms with Crippen molar-refractivity contribution in [1.29, 1.82) is 0 Å². The van der Waals surface area contributed by atoms with E-state index in [0.29, 0.717) is 0 Å². The van der Waals surface area contributed by atoms with Crippen LogP contribution in [0.25, 0.3) is 0 Å². The second-order valence-electron chi connectivity index (χ2n) is 5.73. The Bertz CT molecular complexity index is 588. The summed E-state index contributed by atoms with van der Waals surface area (Å²) >= 11 is 3.67. The molecule has 0 bridgehead atoms. The van der Waals surface area contributed by atoms with E-state index in [0.717, 1.165) is 4.47 Å². The Kier molecular flexibility index (Phi) is 4.54. The maximum atomic E-state index is 3.67. The second kappa shape index (κ2) is 6.01. The summed E-state index contributed by atoms with van der Waals surface area (Å²) < 4.78 is 1.13. The molecule has 0 aliphatic heterocycles. The lowest BCUT2D eigenvalue weighted by Gasteiger charge is -2.20. The van der Waals surface area contributed by atoms with Crippen LogP contribution in [-0.2, 0) is 0 Å². The van der Waals surface area contributed by atoms with Crippen molar-refractivity contribution >= 4 is 21.6 Å². The summed E-state index contributed by atoms with van der Waals surface area (Å²) in [6.45, 7) is 10.8. The monoisotopic (exact) mass is 331 g/mol. The number of anilines is 1. The third-order valence-electron chi connectivity index (χ3n) is 3.54. The fourth-order valence-electron chi connectivity index (χ4n) is 2.66. The van der Waals surface area contributed by atoms with Crippen molar-refractivity contribution < 1.29 is 0 Å². The lowest BCUT2D eigenvalue weighted by atomic mass is 10.0. The van der Waals surface area contributed by atoms with Crippen LogP contribution in [0, 0.1) is 27.7 Å². The summed E-state index contributed by atoms with van der Waals surface area (Å²) in [6, 6.07) is 11.4.